The highest BCUT2D eigenvalue weighted by atomic mass is 16.6. The van der Waals surface area contributed by atoms with E-state index in [0.29, 0.717) is 0 Å². The van der Waals surface area contributed by atoms with Crippen molar-refractivity contribution >= 4 is 12.9 Å². The molecule has 0 rings (SSSR count). The normalized spacial score (nSPS) is 12.9. The Kier molecular flexibility index (Phi) is 9.05. The monoisotopic (exact) mass is 244 g/mol. The van der Waals surface area contributed by atoms with Gasteiger partial charge in [-0.25, -0.2) is 4.79 Å². The Labute approximate surface area is 104 Å². The molecular formula is C12H24N2O3. The minimum Gasteiger partial charge on any atom is -0.444 e. The van der Waals surface area contributed by atoms with Crippen LogP contribution < -0.4 is 10.6 Å². The lowest BCUT2D eigenvalue weighted by molar-refractivity contribution is -0.0980. The maximum Gasteiger partial charge on any atom is 0.408 e. The number of rotatable bonds is 3. The fourth-order valence-corrected chi connectivity index (χ4v) is 1.17. The van der Waals surface area contributed by atoms with Gasteiger partial charge in [0.2, 0.25) is 0 Å². The van der Waals surface area contributed by atoms with Crippen LogP contribution in [0, 0.1) is 0 Å². The van der Waals surface area contributed by atoms with Crippen LogP contribution >= 0.6 is 0 Å². The van der Waals surface area contributed by atoms with Gasteiger partial charge in [-0.05, 0) is 34.6 Å². The fraction of sp³-hybridized carbons (Fsp3) is 0.667. The van der Waals surface area contributed by atoms with Crippen LogP contribution in [0.2, 0.25) is 0 Å². The lowest BCUT2D eigenvalue weighted by Gasteiger charge is -2.23. The molecule has 0 fully saturated rings. The van der Waals surface area contributed by atoms with Crippen molar-refractivity contribution < 1.29 is 14.3 Å². The molecule has 0 heterocycles. The molecule has 0 aromatic heterocycles. The van der Waals surface area contributed by atoms with E-state index in [1.165, 1.54) is 0 Å². The summed E-state index contributed by atoms with van der Waals surface area (Å²) in [6.07, 6.45) is 1.52. The molecular weight excluding hydrogens is 220 g/mol. The SMILES string of the molecule is C/C=C(/NC)C(C)NC(=O)OC(C)(C)C.C=O. The molecule has 17 heavy (non-hydrogen) atoms. The van der Waals surface area contributed by atoms with Crippen molar-refractivity contribution in [1.82, 2.24) is 10.6 Å². The van der Waals surface area contributed by atoms with E-state index in [2.05, 4.69) is 10.6 Å². The number of hydrogen-bond acceptors (Lipinski definition) is 4. The van der Waals surface area contributed by atoms with E-state index in [0.717, 1.165) is 5.70 Å². The molecule has 1 amide bonds. The van der Waals surface area contributed by atoms with Gasteiger partial charge in [0, 0.05) is 12.7 Å². The average Bonchev–Trinajstić information content (AvgIpc) is 2.19. The lowest BCUT2D eigenvalue weighted by Crippen LogP contribution is -2.40. The number of amides is 1. The Bertz CT molecular complexity index is 257. The summed E-state index contributed by atoms with van der Waals surface area (Å²) in [6, 6.07) is -0.0742. The molecule has 0 spiro atoms. The molecule has 5 nitrogen and oxygen atoms in total. The quantitative estimate of drug-likeness (QED) is 0.795. The van der Waals surface area contributed by atoms with Crippen molar-refractivity contribution in [3.8, 4) is 0 Å². The van der Waals surface area contributed by atoms with Crippen molar-refractivity contribution in [2.24, 2.45) is 0 Å². The molecule has 0 saturated carbocycles. The number of carbonyl (C=O) groups is 2. The van der Waals surface area contributed by atoms with Crippen LogP contribution in [0.4, 0.5) is 4.79 Å². The molecule has 100 valence electrons. The van der Waals surface area contributed by atoms with Gasteiger partial charge in [-0.3, -0.25) is 0 Å². The standard InChI is InChI=1S/C11H22N2O2.CH2O/c1-7-9(12-6)8(2)13-10(14)15-11(3,4)5;1-2/h7-8,12H,1-6H3,(H,13,14);1H2/b9-7+;. The molecule has 0 aliphatic rings. The summed E-state index contributed by atoms with van der Waals surface area (Å²) in [5.74, 6) is 0. The second kappa shape index (κ2) is 8.61. The fourth-order valence-electron chi connectivity index (χ4n) is 1.17. The first-order valence-corrected chi connectivity index (χ1v) is 5.42. The highest BCUT2D eigenvalue weighted by Crippen LogP contribution is 2.07. The molecule has 0 aliphatic carbocycles. The van der Waals surface area contributed by atoms with E-state index in [9.17, 15) is 4.79 Å². The number of nitrogens with one attached hydrogen (secondary N) is 2. The third-order valence-corrected chi connectivity index (χ3v) is 1.80. The second-order valence-electron chi connectivity index (χ2n) is 4.36. The van der Waals surface area contributed by atoms with Gasteiger partial charge in [0.15, 0.2) is 0 Å². The summed E-state index contributed by atoms with van der Waals surface area (Å²) in [5.41, 5.74) is 0.500. The topological polar surface area (TPSA) is 67.4 Å². The first kappa shape index (κ1) is 17.9. The van der Waals surface area contributed by atoms with Gasteiger partial charge >= 0.3 is 6.09 Å². The highest BCUT2D eigenvalue weighted by molar-refractivity contribution is 5.68. The Morgan fingerprint density at radius 2 is 1.82 bits per heavy atom. The van der Waals surface area contributed by atoms with Gasteiger partial charge < -0.3 is 20.2 Å². The summed E-state index contributed by atoms with van der Waals surface area (Å²) in [6.45, 7) is 11.3. The molecule has 0 radical (unpaired) electrons. The average molecular weight is 244 g/mol. The predicted octanol–water partition coefficient (Wildman–Crippen LogP) is 1.84. The summed E-state index contributed by atoms with van der Waals surface area (Å²) < 4.78 is 5.14. The molecule has 0 aliphatic heterocycles. The zero-order valence-electron chi connectivity index (χ0n) is 11.6. The Morgan fingerprint density at radius 3 is 2.12 bits per heavy atom. The van der Waals surface area contributed by atoms with E-state index in [1.54, 1.807) is 0 Å². The maximum absolute atomic E-state index is 11.4. The van der Waals surface area contributed by atoms with Crippen LogP contribution in [0.25, 0.3) is 0 Å². The summed E-state index contributed by atoms with van der Waals surface area (Å²) >= 11 is 0. The van der Waals surface area contributed by atoms with E-state index in [1.807, 2.05) is 54.5 Å². The third kappa shape index (κ3) is 9.41. The number of likely N-dealkylation sites (N-methyl/N-ethyl adjacent to an activating group) is 1. The first-order valence-electron chi connectivity index (χ1n) is 5.42. The molecule has 0 aromatic carbocycles. The van der Waals surface area contributed by atoms with Crippen LogP contribution in [-0.2, 0) is 9.53 Å². The maximum atomic E-state index is 11.4. The Hall–Kier alpha value is -1.52. The van der Waals surface area contributed by atoms with E-state index < -0.39 is 11.7 Å². The zero-order valence-corrected chi connectivity index (χ0v) is 11.6. The van der Waals surface area contributed by atoms with Gasteiger partial charge in [-0.2, -0.15) is 0 Å². The number of ether oxygens (including phenoxy) is 1. The minimum atomic E-state index is -0.459. The molecule has 0 saturated heterocycles. The molecule has 5 heteroatoms. The number of carbonyl (C=O) groups excluding carboxylic acids is 2. The zero-order chi connectivity index (χ0) is 14.1. The Balaban J connectivity index is 0. The van der Waals surface area contributed by atoms with E-state index in [-0.39, 0.29) is 6.04 Å². The van der Waals surface area contributed by atoms with Crippen molar-refractivity contribution in [2.45, 2.75) is 46.3 Å². The summed E-state index contributed by atoms with van der Waals surface area (Å²) in [4.78, 5) is 19.4. The highest BCUT2D eigenvalue weighted by Gasteiger charge is 2.18. The largest absolute Gasteiger partial charge is 0.444 e. The van der Waals surface area contributed by atoms with Gasteiger partial charge in [-0.15, -0.1) is 0 Å². The summed E-state index contributed by atoms with van der Waals surface area (Å²) in [7, 11) is 1.82. The van der Waals surface area contributed by atoms with Gasteiger partial charge in [0.05, 0.1) is 6.04 Å². The third-order valence-electron chi connectivity index (χ3n) is 1.80. The Morgan fingerprint density at radius 1 is 1.35 bits per heavy atom. The van der Waals surface area contributed by atoms with Crippen LogP contribution in [0.3, 0.4) is 0 Å². The van der Waals surface area contributed by atoms with E-state index >= 15 is 0 Å². The van der Waals surface area contributed by atoms with Gasteiger partial charge in [-0.1, -0.05) is 6.08 Å². The van der Waals surface area contributed by atoms with Crippen LogP contribution in [0.1, 0.15) is 34.6 Å². The van der Waals surface area contributed by atoms with Crippen molar-refractivity contribution in [1.29, 1.82) is 0 Å². The number of allylic oxidation sites excluding steroid dienone is 1. The predicted molar refractivity (Wildman–Crippen MR) is 68.8 cm³/mol. The first-order chi connectivity index (χ1) is 7.80. The van der Waals surface area contributed by atoms with Crippen LogP contribution in [0.15, 0.2) is 11.8 Å². The lowest BCUT2D eigenvalue weighted by atomic mass is 10.2. The van der Waals surface area contributed by atoms with Gasteiger partial charge in [0.25, 0.3) is 0 Å². The van der Waals surface area contributed by atoms with Crippen LogP contribution in [0.5, 0.6) is 0 Å². The second-order valence-corrected chi connectivity index (χ2v) is 4.36. The van der Waals surface area contributed by atoms with Crippen molar-refractivity contribution in [2.75, 3.05) is 7.05 Å². The van der Waals surface area contributed by atoms with E-state index in [4.69, 9.17) is 9.53 Å². The minimum absolute atomic E-state index is 0.0742. The summed E-state index contributed by atoms with van der Waals surface area (Å²) in [5, 5.41) is 5.76. The van der Waals surface area contributed by atoms with Crippen molar-refractivity contribution in [3.63, 3.8) is 0 Å². The molecule has 0 bridgehead atoms. The molecule has 1 unspecified atom stereocenters. The van der Waals surface area contributed by atoms with Gasteiger partial charge in [0.1, 0.15) is 12.4 Å². The van der Waals surface area contributed by atoms with Crippen LogP contribution in [-0.4, -0.2) is 31.6 Å². The van der Waals surface area contributed by atoms with Crippen molar-refractivity contribution in [3.05, 3.63) is 11.8 Å². The molecule has 1 atom stereocenters. The number of alkyl carbamates (subject to hydrolysis) is 1. The molecule has 2 N–H and O–H groups in total. The smallest absolute Gasteiger partial charge is 0.408 e. The number of hydrogen-bond donors (Lipinski definition) is 2. The molecule has 0 aromatic rings.